The molecule has 0 aliphatic carbocycles. The SMILES string of the molecule is CC(=O)Nc1ccc(N2CCN(CC(=O)N3CCOCC3)CC2)cc1C(=O)O. The van der Waals surface area contributed by atoms with Crippen LogP contribution in [0.4, 0.5) is 11.4 Å². The van der Waals surface area contributed by atoms with Crippen LogP contribution < -0.4 is 10.2 Å². The van der Waals surface area contributed by atoms with Crippen molar-refractivity contribution in [3.63, 3.8) is 0 Å². The Bertz CT molecular complexity index is 740. The Balaban J connectivity index is 1.58. The van der Waals surface area contributed by atoms with Crippen LogP contribution in [0.5, 0.6) is 0 Å². The lowest BCUT2D eigenvalue weighted by Crippen LogP contribution is -2.51. The number of hydrogen-bond acceptors (Lipinski definition) is 6. The molecule has 0 aromatic heterocycles. The quantitative estimate of drug-likeness (QED) is 0.747. The van der Waals surface area contributed by atoms with E-state index < -0.39 is 5.97 Å². The van der Waals surface area contributed by atoms with Crippen LogP contribution in [-0.4, -0.2) is 91.7 Å². The van der Waals surface area contributed by atoms with E-state index in [1.807, 2.05) is 11.0 Å². The predicted molar refractivity (Wildman–Crippen MR) is 104 cm³/mol. The second-order valence-electron chi connectivity index (χ2n) is 6.97. The molecular weight excluding hydrogens is 364 g/mol. The Morgan fingerprint density at radius 3 is 2.36 bits per heavy atom. The molecule has 2 fully saturated rings. The van der Waals surface area contributed by atoms with Gasteiger partial charge in [-0.2, -0.15) is 0 Å². The van der Waals surface area contributed by atoms with Gasteiger partial charge in [0.1, 0.15) is 0 Å². The summed E-state index contributed by atoms with van der Waals surface area (Å²) in [6.45, 7) is 7.10. The lowest BCUT2D eigenvalue weighted by atomic mass is 10.1. The number of rotatable bonds is 5. The van der Waals surface area contributed by atoms with Gasteiger partial charge in [-0.25, -0.2) is 4.79 Å². The summed E-state index contributed by atoms with van der Waals surface area (Å²) in [6.07, 6.45) is 0. The fraction of sp³-hybridized carbons (Fsp3) is 0.526. The number of hydrogen-bond donors (Lipinski definition) is 2. The molecule has 9 heteroatoms. The van der Waals surface area contributed by atoms with Crippen molar-refractivity contribution in [3.05, 3.63) is 23.8 Å². The third-order valence-electron chi connectivity index (χ3n) is 5.00. The van der Waals surface area contributed by atoms with Crippen LogP contribution in [-0.2, 0) is 14.3 Å². The summed E-state index contributed by atoms with van der Waals surface area (Å²) in [6, 6.07) is 5.02. The maximum absolute atomic E-state index is 12.4. The zero-order chi connectivity index (χ0) is 20.1. The molecule has 2 aliphatic rings. The maximum Gasteiger partial charge on any atom is 0.337 e. The van der Waals surface area contributed by atoms with E-state index in [4.69, 9.17) is 4.74 Å². The van der Waals surface area contributed by atoms with E-state index in [1.165, 1.54) is 6.92 Å². The number of carbonyl (C=O) groups excluding carboxylic acids is 2. The van der Waals surface area contributed by atoms with Crippen LogP contribution in [0.2, 0.25) is 0 Å². The third-order valence-corrected chi connectivity index (χ3v) is 5.00. The van der Waals surface area contributed by atoms with Gasteiger partial charge in [-0.15, -0.1) is 0 Å². The van der Waals surface area contributed by atoms with Crippen LogP contribution >= 0.6 is 0 Å². The number of anilines is 2. The average molecular weight is 390 g/mol. The van der Waals surface area contributed by atoms with Gasteiger partial charge in [-0.3, -0.25) is 14.5 Å². The molecule has 2 saturated heterocycles. The Labute approximate surface area is 163 Å². The van der Waals surface area contributed by atoms with E-state index in [0.29, 0.717) is 51.6 Å². The summed E-state index contributed by atoms with van der Waals surface area (Å²) in [7, 11) is 0. The molecule has 0 radical (unpaired) electrons. The highest BCUT2D eigenvalue weighted by Crippen LogP contribution is 2.24. The van der Waals surface area contributed by atoms with Gasteiger partial charge in [0.25, 0.3) is 0 Å². The van der Waals surface area contributed by atoms with Gasteiger partial charge in [0.05, 0.1) is 31.0 Å². The summed E-state index contributed by atoms with van der Waals surface area (Å²) in [4.78, 5) is 41.2. The molecule has 152 valence electrons. The Kier molecular flexibility index (Phi) is 6.48. The standard InChI is InChI=1S/C19H26N4O5/c1-14(24)20-17-3-2-15(12-16(17)19(26)27)22-6-4-21(5-7-22)13-18(25)23-8-10-28-11-9-23/h2-3,12H,4-11,13H2,1H3,(H,20,24)(H,26,27). The van der Waals surface area contributed by atoms with Gasteiger partial charge >= 0.3 is 5.97 Å². The van der Waals surface area contributed by atoms with E-state index >= 15 is 0 Å². The zero-order valence-electron chi connectivity index (χ0n) is 16.0. The van der Waals surface area contributed by atoms with Crippen molar-refractivity contribution in [2.75, 3.05) is 69.2 Å². The van der Waals surface area contributed by atoms with Gasteiger partial charge in [-0.1, -0.05) is 0 Å². The minimum atomic E-state index is -1.08. The summed E-state index contributed by atoms with van der Waals surface area (Å²) in [5.41, 5.74) is 1.15. The fourth-order valence-electron chi connectivity index (χ4n) is 3.47. The fourth-order valence-corrected chi connectivity index (χ4v) is 3.47. The lowest BCUT2D eigenvalue weighted by Gasteiger charge is -2.37. The first kappa shape index (κ1) is 20.1. The zero-order valence-corrected chi connectivity index (χ0v) is 16.0. The number of nitrogens with one attached hydrogen (secondary N) is 1. The molecule has 0 atom stereocenters. The summed E-state index contributed by atoms with van der Waals surface area (Å²) in [5.74, 6) is -1.27. The molecule has 2 N–H and O–H groups in total. The first-order valence-electron chi connectivity index (χ1n) is 9.42. The van der Waals surface area contributed by atoms with E-state index in [2.05, 4.69) is 15.1 Å². The van der Waals surface area contributed by atoms with Crippen molar-refractivity contribution in [1.29, 1.82) is 0 Å². The number of nitrogens with zero attached hydrogens (tertiary/aromatic N) is 3. The molecular formula is C19H26N4O5. The molecule has 0 spiro atoms. The Morgan fingerprint density at radius 1 is 1.07 bits per heavy atom. The van der Waals surface area contributed by atoms with Crippen molar-refractivity contribution in [2.24, 2.45) is 0 Å². The average Bonchev–Trinajstić information content (AvgIpc) is 2.69. The van der Waals surface area contributed by atoms with Gasteiger partial charge in [0.2, 0.25) is 11.8 Å². The number of amides is 2. The number of morpholine rings is 1. The van der Waals surface area contributed by atoms with E-state index in [0.717, 1.165) is 18.8 Å². The minimum absolute atomic E-state index is 0.0672. The molecule has 2 heterocycles. The molecule has 1 aromatic carbocycles. The number of carbonyl (C=O) groups is 3. The molecule has 0 unspecified atom stereocenters. The normalized spacial score (nSPS) is 18.0. The van der Waals surface area contributed by atoms with Crippen LogP contribution in [0.25, 0.3) is 0 Å². The third kappa shape index (κ3) is 4.99. The summed E-state index contributed by atoms with van der Waals surface area (Å²) >= 11 is 0. The second-order valence-corrected chi connectivity index (χ2v) is 6.97. The molecule has 1 aromatic rings. The second kappa shape index (κ2) is 9.03. The first-order valence-corrected chi connectivity index (χ1v) is 9.42. The van der Waals surface area contributed by atoms with E-state index in [9.17, 15) is 19.5 Å². The van der Waals surface area contributed by atoms with Crippen molar-refractivity contribution >= 4 is 29.2 Å². The Morgan fingerprint density at radius 2 is 1.75 bits per heavy atom. The monoisotopic (exact) mass is 390 g/mol. The van der Waals surface area contributed by atoms with Crippen molar-refractivity contribution in [3.8, 4) is 0 Å². The Hall–Kier alpha value is -2.65. The molecule has 0 saturated carbocycles. The molecule has 2 amide bonds. The largest absolute Gasteiger partial charge is 0.478 e. The van der Waals surface area contributed by atoms with Gasteiger partial charge in [0, 0.05) is 51.9 Å². The van der Waals surface area contributed by atoms with Crippen LogP contribution in [0.15, 0.2) is 18.2 Å². The number of ether oxygens (including phenoxy) is 1. The molecule has 3 rings (SSSR count). The number of aromatic carboxylic acids is 1. The van der Waals surface area contributed by atoms with E-state index in [-0.39, 0.29) is 17.4 Å². The highest BCUT2D eigenvalue weighted by Gasteiger charge is 2.24. The summed E-state index contributed by atoms with van der Waals surface area (Å²) < 4.78 is 5.28. The van der Waals surface area contributed by atoms with Gasteiger partial charge in [0.15, 0.2) is 0 Å². The number of carboxylic acids is 1. The van der Waals surface area contributed by atoms with Gasteiger partial charge < -0.3 is 25.0 Å². The van der Waals surface area contributed by atoms with Crippen molar-refractivity contribution < 1.29 is 24.2 Å². The van der Waals surface area contributed by atoms with Crippen molar-refractivity contribution in [1.82, 2.24) is 9.80 Å². The van der Waals surface area contributed by atoms with Crippen LogP contribution in [0.1, 0.15) is 17.3 Å². The number of benzene rings is 1. The highest BCUT2D eigenvalue weighted by atomic mass is 16.5. The smallest absolute Gasteiger partial charge is 0.337 e. The maximum atomic E-state index is 12.4. The summed E-state index contributed by atoms with van der Waals surface area (Å²) in [5, 5.41) is 12.0. The van der Waals surface area contributed by atoms with Crippen LogP contribution in [0.3, 0.4) is 0 Å². The minimum Gasteiger partial charge on any atom is -0.478 e. The molecule has 2 aliphatic heterocycles. The van der Waals surface area contributed by atoms with E-state index in [1.54, 1.807) is 12.1 Å². The molecule has 9 nitrogen and oxygen atoms in total. The number of piperazine rings is 1. The first-order chi connectivity index (χ1) is 13.4. The lowest BCUT2D eigenvalue weighted by molar-refractivity contribution is -0.136. The predicted octanol–water partition coefficient (Wildman–Crippen LogP) is 0.324. The molecule has 0 bridgehead atoms. The highest BCUT2D eigenvalue weighted by molar-refractivity contribution is 6.00. The van der Waals surface area contributed by atoms with Crippen LogP contribution in [0, 0.1) is 0 Å². The van der Waals surface area contributed by atoms with Gasteiger partial charge in [-0.05, 0) is 18.2 Å². The molecule has 28 heavy (non-hydrogen) atoms. The topological polar surface area (TPSA) is 102 Å². The van der Waals surface area contributed by atoms with Crippen molar-refractivity contribution in [2.45, 2.75) is 6.92 Å². The number of carboxylic acid groups (broad SMARTS) is 1.